The van der Waals surface area contributed by atoms with Crippen LogP contribution in [0.5, 0.6) is 0 Å². The van der Waals surface area contributed by atoms with Crippen molar-refractivity contribution < 1.29 is 18.4 Å². The molecule has 2 rings (SSSR count). The topological polar surface area (TPSA) is 101 Å². The zero-order chi connectivity index (χ0) is 15.3. The van der Waals surface area contributed by atoms with Gasteiger partial charge in [0.25, 0.3) is 5.69 Å². The number of nitro groups is 1. The van der Waals surface area contributed by atoms with Crippen molar-refractivity contribution in [1.29, 1.82) is 0 Å². The van der Waals surface area contributed by atoms with E-state index in [1.54, 1.807) is 20.8 Å². The lowest BCUT2D eigenvalue weighted by molar-refractivity contribution is -0.385. The van der Waals surface area contributed by atoms with Crippen molar-refractivity contribution in [3.63, 3.8) is 0 Å². The average molecular weight is 300 g/mol. The summed E-state index contributed by atoms with van der Waals surface area (Å²) in [6, 6.07) is 2.42. The number of non-ortho nitro benzene ring substituents is 1. The quantitative estimate of drug-likeness (QED) is 0.662. The minimum absolute atomic E-state index is 0.00346. The van der Waals surface area contributed by atoms with Crippen LogP contribution in [0.3, 0.4) is 0 Å². The van der Waals surface area contributed by atoms with E-state index in [9.17, 15) is 23.6 Å². The maximum absolute atomic E-state index is 12.4. The third-order valence-corrected chi connectivity index (χ3v) is 5.38. The van der Waals surface area contributed by atoms with Gasteiger partial charge in [-0.05, 0) is 31.9 Å². The molecule has 1 aliphatic rings. The molecule has 0 aliphatic carbocycles. The Hall–Kier alpha value is -1.51. The van der Waals surface area contributed by atoms with Gasteiger partial charge < -0.3 is 5.11 Å². The number of hydrogen-bond acceptors (Lipinski definition) is 5. The molecule has 1 aromatic carbocycles. The average Bonchev–Trinajstić information content (AvgIpc) is 2.28. The molecular formula is C12H16N2O5S. The summed E-state index contributed by atoms with van der Waals surface area (Å²) in [5.41, 5.74) is -0.248. The van der Waals surface area contributed by atoms with Gasteiger partial charge in [-0.3, -0.25) is 10.1 Å². The van der Waals surface area contributed by atoms with Gasteiger partial charge in [-0.25, -0.2) is 8.42 Å². The van der Waals surface area contributed by atoms with Crippen LogP contribution in [0.1, 0.15) is 18.1 Å². The second-order valence-electron chi connectivity index (χ2n) is 5.41. The summed E-state index contributed by atoms with van der Waals surface area (Å²) in [6.45, 7) is 4.79. The van der Waals surface area contributed by atoms with Crippen LogP contribution in [0.15, 0.2) is 17.0 Å². The van der Waals surface area contributed by atoms with Crippen LogP contribution < -0.4 is 0 Å². The third-order valence-electron chi connectivity index (χ3n) is 3.47. The first-order chi connectivity index (χ1) is 9.04. The van der Waals surface area contributed by atoms with Crippen LogP contribution in [-0.4, -0.2) is 41.4 Å². The highest BCUT2D eigenvalue weighted by atomic mass is 32.2. The van der Waals surface area contributed by atoms with E-state index >= 15 is 0 Å². The van der Waals surface area contributed by atoms with Crippen molar-refractivity contribution >= 4 is 15.7 Å². The summed E-state index contributed by atoms with van der Waals surface area (Å²) in [6.07, 6.45) is 0. The lowest BCUT2D eigenvalue weighted by Gasteiger charge is -2.43. The number of β-amino-alcohol motifs (C(OH)–C–C–N with tert-alkyl or cyclic N) is 1. The van der Waals surface area contributed by atoms with Gasteiger partial charge in [-0.2, -0.15) is 4.31 Å². The Labute approximate surface area is 117 Å². The molecule has 1 aliphatic heterocycles. The molecule has 1 N–H and O–H groups in total. The molecule has 0 amide bonds. The molecule has 8 heteroatoms. The summed E-state index contributed by atoms with van der Waals surface area (Å²) in [5.74, 6) is 0. The monoisotopic (exact) mass is 300 g/mol. The summed E-state index contributed by atoms with van der Waals surface area (Å²) >= 11 is 0. The fraction of sp³-hybridized carbons (Fsp3) is 0.500. The number of sulfonamides is 1. The molecule has 1 saturated heterocycles. The van der Waals surface area contributed by atoms with Crippen LogP contribution in [0.4, 0.5) is 5.69 Å². The molecule has 1 fully saturated rings. The first-order valence-corrected chi connectivity index (χ1v) is 7.47. The van der Waals surface area contributed by atoms with Crippen LogP contribution in [0.2, 0.25) is 0 Å². The van der Waals surface area contributed by atoms with E-state index in [1.165, 1.54) is 6.07 Å². The lowest BCUT2D eigenvalue weighted by atomic mass is 10.0. The highest BCUT2D eigenvalue weighted by Crippen LogP contribution is 2.32. The van der Waals surface area contributed by atoms with E-state index in [-0.39, 0.29) is 23.7 Å². The Kier molecular flexibility index (Phi) is 3.35. The van der Waals surface area contributed by atoms with Crippen LogP contribution in [0, 0.1) is 24.0 Å². The number of benzene rings is 1. The van der Waals surface area contributed by atoms with E-state index < -0.39 is 20.5 Å². The van der Waals surface area contributed by atoms with Gasteiger partial charge in [-0.15, -0.1) is 0 Å². The van der Waals surface area contributed by atoms with Gasteiger partial charge in [-0.1, -0.05) is 0 Å². The number of hydrogen-bond donors (Lipinski definition) is 1. The van der Waals surface area contributed by atoms with E-state index in [1.807, 2.05) is 0 Å². The second-order valence-corrected chi connectivity index (χ2v) is 7.32. The van der Waals surface area contributed by atoms with E-state index in [2.05, 4.69) is 0 Å². The highest BCUT2D eigenvalue weighted by Gasteiger charge is 2.44. The van der Waals surface area contributed by atoms with Crippen LogP contribution in [0.25, 0.3) is 0 Å². The first kappa shape index (κ1) is 14.9. The second kappa shape index (κ2) is 4.51. The molecule has 20 heavy (non-hydrogen) atoms. The predicted octanol–water partition coefficient (Wildman–Crippen LogP) is 0.967. The van der Waals surface area contributed by atoms with Gasteiger partial charge in [0, 0.05) is 25.2 Å². The normalized spacial score (nSPS) is 18.6. The molecule has 0 spiro atoms. The SMILES string of the molecule is Cc1cc([N+](=O)[O-])cc(S(=O)(=O)N2CC(C)(O)C2)c1C. The fourth-order valence-electron chi connectivity index (χ4n) is 2.20. The molecule has 0 saturated carbocycles. The van der Waals surface area contributed by atoms with Crippen molar-refractivity contribution in [3.05, 3.63) is 33.4 Å². The Morgan fingerprint density at radius 2 is 1.90 bits per heavy atom. The van der Waals surface area contributed by atoms with E-state index in [0.717, 1.165) is 10.4 Å². The third kappa shape index (κ3) is 2.41. The van der Waals surface area contributed by atoms with Crippen molar-refractivity contribution in [1.82, 2.24) is 4.31 Å². The van der Waals surface area contributed by atoms with Gasteiger partial charge in [0.05, 0.1) is 15.4 Å². The number of aliphatic hydroxyl groups is 1. The number of aryl methyl sites for hydroxylation is 1. The molecule has 110 valence electrons. The van der Waals surface area contributed by atoms with Gasteiger partial charge in [0.15, 0.2) is 0 Å². The number of nitro benzene ring substituents is 1. The molecule has 0 unspecified atom stereocenters. The molecule has 0 radical (unpaired) electrons. The Morgan fingerprint density at radius 1 is 1.35 bits per heavy atom. The largest absolute Gasteiger partial charge is 0.387 e. The summed E-state index contributed by atoms with van der Waals surface area (Å²) in [5, 5.41) is 20.5. The molecule has 1 aromatic rings. The zero-order valence-electron chi connectivity index (χ0n) is 11.5. The van der Waals surface area contributed by atoms with Crippen LogP contribution in [-0.2, 0) is 10.0 Å². The minimum Gasteiger partial charge on any atom is -0.387 e. The first-order valence-electron chi connectivity index (χ1n) is 6.03. The maximum Gasteiger partial charge on any atom is 0.271 e. The molecular weight excluding hydrogens is 284 g/mol. The molecule has 0 atom stereocenters. The van der Waals surface area contributed by atoms with Crippen molar-refractivity contribution in [2.45, 2.75) is 31.3 Å². The van der Waals surface area contributed by atoms with Crippen molar-refractivity contribution in [2.24, 2.45) is 0 Å². The van der Waals surface area contributed by atoms with Crippen LogP contribution >= 0.6 is 0 Å². The summed E-state index contributed by atoms with van der Waals surface area (Å²) < 4.78 is 26.0. The standard InChI is InChI=1S/C12H16N2O5S/c1-8-4-10(14(16)17)5-11(9(8)2)20(18,19)13-6-12(3,15)7-13/h4-5,15H,6-7H2,1-3H3. The fourth-order valence-corrected chi connectivity index (χ4v) is 4.20. The molecule has 1 heterocycles. The molecule has 0 aromatic heterocycles. The molecule has 7 nitrogen and oxygen atoms in total. The number of nitrogens with zero attached hydrogens (tertiary/aromatic N) is 2. The van der Waals surface area contributed by atoms with Gasteiger partial charge in [0.2, 0.25) is 10.0 Å². The summed E-state index contributed by atoms with van der Waals surface area (Å²) in [4.78, 5) is 10.2. The van der Waals surface area contributed by atoms with Crippen molar-refractivity contribution in [2.75, 3.05) is 13.1 Å². The Balaban J connectivity index is 2.49. The molecule has 0 bridgehead atoms. The lowest BCUT2D eigenvalue weighted by Crippen LogP contribution is -2.61. The Bertz CT molecular complexity index is 673. The predicted molar refractivity (Wildman–Crippen MR) is 72.0 cm³/mol. The van der Waals surface area contributed by atoms with Crippen molar-refractivity contribution in [3.8, 4) is 0 Å². The van der Waals surface area contributed by atoms with E-state index in [0.29, 0.717) is 11.1 Å². The van der Waals surface area contributed by atoms with Gasteiger partial charge >= 0.3 is 0 Å². The van der Waals surface area contributed by atoms with Gasteiger partial charge in [0.1, 0.15) is 0 Å². The zero-order valence-corrected chi connectivity index (χ0v) is 12.3. The highest BCUT2D eigenvalue weighted by molar-refractivity contribution is 7.89. The van der Waals surface area contributed by atoms with E-state index in [4.69, 9.17) is 0 Å². The Morgan fingerprint density at radius 3 is 2.35 bits per heavy atom. The summed E-state index contributed by atoms with van der Waals surface area (Å²) in [7, 11) is -3.81. The minimum atomic E-state index is -3.81. The maximum atomic E-state index is 12.4. The number of rotatable bonds is 3. The smallest absolute Gasteiger partial charge is 0.271 e.